The fourth-order valence-corrected chi connectivity index (χ4v) is 4.17. The molecule has 4 rings (SSSR count). The van der Waals surface area contributed by atoms with Gasteiger partial charge in [-0.2, -0.15) is 5.10 Å². The second kappa shape index (κ2) is 11.0. The molecule has 1 aromatic heterocycles. The number of likely N-dealkylation sites (tertiary alicyclic amines) is 1. The summed E-state index contributed by atoms with van der Waals surface area (Å²) < 4.78 is 7.87. The van der Waals surface area contributed by atoms with Gasteiger partial charge in [0.25, 0.3) is 0 Å². The molecule has 1 aliphatic heterocycles. The van der Waals surface area contributed by atoms with Crippen molar-refractivity contribution in [2.24, 2.45) is 12.0 Å². The molecule has 1 fully saturated rings. The molecular weight excluding hydrogens is 398 g/mol. The lowest BCUT2D eigenvalue weighted by Crippen LogP contribution is -2.40. The fraction of sp³-hybridized carbons (Fsp3) is 0.385. The van der Waals surface area contributed by atoms with Gasteiger partial charge in [-0.1, -0.05) is 54.6 Å². The van der Waals surface area contributed by atoms with Gasteiger partial charge in [-0.3, -0.25) is 4.68 Å². The molecular formula is C26H33N5O. The predicted octanol–water partition coefficient (Wildman–Crippen LogP) is 4.09. The molecule has 3 aromatic rings. The Kier molecular flexibility index (Phi) is 7.56. The van der Waals surface area contributed by atoms with Crippen molar-refractivity contribution in [2.45, 2.75) is 39.0 Å². The quantitative estimate of drug-likeness (QED) is 0.431. The molecule has 0 saturated carbocycles. The third kappa shape index (κ3) is 5.77. The highest BCUT2D eigenvalue weighted by molar-refractivity contribution is 5.80. The summed E-state index contributed by atoms with van der Waals surface area (Å²) >= 11 is 0. The average molecular weight is 432 g/mol. The number of rotatable bonds is 8. The van der Waals surface area contributed by atoms with Crippen LogP contribution in [0.2, 0.25) is 0 Å². The van der Waals surface area contributed by atoms with Crippen molar-refractivity contribution in [3.8, 4) is 0 Å². The fourth-order valence-electron chi connectivity index (χ4n) is 4.17. The Balaban J connectivity index is 1.39. The molecule has 0 radical (unpaired) electrons. The highest BCUT2D eigenvalue weighted by Crippen LogP contribution is 2.26. The number of nitrogens with one attached hydrogen (secondary N) is 1. The highest BCUT2D eigenvalue weighted by atomic mass is 16.5. The van der Waals surface area contributed by atoms with Crippen LogP contribution in [0, 0.1) is 0 Å². The Morgan fingerprint density at radius 3 is 2.62 bits per heavy atom. The van der Waals surface area contributed by atoms with Gasteiger partial charge in [0.2, 0.25) is 0 Å². The largest absolute Gasteiger partial charge is 0.372 e. The van der Waals surface area contributed by atoms with Crippen LogP contribution in [-0.4, -0.2) is 40.3 Å². The zero-order valence-corrected chi connectivity index (χ0v) is 19.1. The summed E-state index contributed by atoms with van der Waals surface area (Å²) in [5.74, 6) is 1.49. The summed E-state index contributed by atoms with van der Waals surface area (Å²) in [7, 11) is 1.97. The van der Waals surface area contributed by atoms with Gasteiger partial charge >= 0.3 is 0 Å². The summed E-state index contributed by atoms with van der Waals surface area (Å²) in [6.45, 7) is 6.80. The molecule has 1 atom stereocenters. The standard InChI is InChI=1S/C26H33N5O/c1-3-27-26(31-14-13-23(18-31)25-16-29-30(2)17-25)28-15-22-11-7-8-12-24(22)20-32-19-21-9-5-4-6-10-21/h4-12,16-17,23H,3,13-15,18-20H2,1-2H3,(H,27,28). The van der Waals surface area contributed by atoms with Crippen LogP contribution < -0.4 is 5.32 Å². The molecule has 0 aliphatic carbocycles. The molecule has 1 N–H and O–H groups in total. The molecule has 32 heavy (non-hydrogen) atoms. The highest BCUT2D eigenvalue weighted by Gasteiger charge is 2.26. The van der Waals surface area contributed by atoms with E-state index in [1.807, 2.05) is 36.1 Å². The summed E-state index contributed by atoms with van der Waals surface area (Å²) in [5, 5.41) is 7.82. The van der Waals surface area contributed by atoms with Gasteiger partial charge in [0.05, 0.1) is 26.0 Å². The van der Waals surface area contributed by atoms with Crippen LogP contribution in [0.4, 0.5) is 0 Å². The number of aryl methyl sites for hydroxylation is 1. The lowest BCUT2D eigenvalue weighted by molar-refractivity contribution is 0.106. The second-order valence-electron chi connectivity index (χ2n) is 8.30. The first-order chi connectivity index (χ1) is 15.7. The first-order valence-electron chi connectivity index (χ1n) is 11.4. The van der Waals surface area contributed by atoms with Crippen LogP contribution >= 0.6 is 0 Å². The van der Waals surface area contributed by atoms with Gasteiger partial charge in [0.1, 0.15) is 0 Å². The van der Waals surface area contributed by atoms with E-state index in [2.05, 4.69) is 64.8 Å². The minimum absolute atomic E-state index is 0.506. The van der Waals surface area contributed by atoms with Crippen molar-refractivity contribution in [1.29, 1.82) is 0 Å². The van der Waals surface area contributed by atoms with E-state index in [0.29, 0.717) is 25.7 Å². The molecule has 0 bridgehead atoms. The molecule has 2 aromatic carbocycles. The monoisotopic (exact) mass is 431 g/mol. The van der Waals surface area contributed by atoms with E-state index in [4.69, 9.17) is 9.73 Å². The number of benzene rings is 2. The van der Waals surface area contributed by atoms with Crippen molar-refractivity contribution in [3.05, 3.63) is 89.2 Å². The normalized spacial score (nSPS) is 16.5. The average Bonchev–Trinajstić information content (AvgIpc) is 3.47. The first kappa shape index (κ1) is 22.1. The Hall–Kier alpha value is -3.12. The summed E-state index contributed by atoms with van der Waals surface area (Å²) in [6.07, 6.45) is 5.24. The molecule has 168 valence electrons. The van der Waals surface area contributed by atoms with E-state index >= 15 is 0 Å². The van der Waals surface area contributed by atoms with Crippen molar-refractivity contribution < 1.29 is 4.74 Å². The summed E-state index contributed by atoms with van der Waals surface area (Å²) in [4.78, 5) is 7.35. The van der Waals surface area contributed by atoms with Gasteiger partial charge < -0.3 is 15.0 Å². The van der Waals surface area contributed by atoms with Crippen molar-refractivity contribution >= 4 is 5.96 Å². The van der Waals surface area contributed by atoms with Gasteiger partial charge in [0, 0.05) is 38.8 Å². The zero-order valence-electron chi connectivity index (χ0n) is 19.1. The lowest BCUT2D eigenvalue weighted by Gasteiger charge is -2.22. The smallest absolute Gasteiger partial charge is 0.194 e. The summed E-state index contributed by atoms with van der Waals surface area (Å²) in [6, 6.07) is 18.7. The van der Waals surface area contributed by atoms with Gasteiger partial charge in [0.15, 0.2) is 5.96 Å². The van der Waals surface area contributed by atoms with Crippen molar-refractivity contribution in [2.75, 3.05) is 19.6 Å². The minimum Gasteiger partial charge on any atom is -0.372 e. The molecule has 6 nitrogen and oxygen atoms in total. The Bertz CT molecular complexity index is 1010. The topological polar surface area (TPSA) is 54.7 Å². The molecule has 6 heteroatoms. The minimum atomic E-state index is 0.506. The number of hydrogen-bond acceptors (Lipinski definition) is 3. The number of nitrogens with zero attached hydrogens (tertiary/aromatic N) is 4. The third-order valence-corrected chi connectivity index (χ3v) is 5.91. The van der Waals surface area contributed by atoms with Crippen LogP contribution in [0.15, 0.2) is 72.0 Å². The van der Waals surface area contributed by atoms with E-state index in [0.717, 1.165) is 32.0 Å². The maximum atomic E-state index is 5.98. The van der Waals surface area contributed by atoms with E-state index in [1.54, 1.807) is 0 Å². The van der Waals surface area contributed by atoms with Crippen LogP contribution in [0.3, 0.4) is 0 Å². The number of aliphatic imine (C=N–C) groups is 1. The number of hydrogen-bond donors (Lipinski definition) is 1. The van der Waals surface area contributed by atoms with Crippen molar-refractivity contribution in [1.82, 2.24) is 20.0 Å². The van der Waals surface area contributed by atoms with Gasteiger partial charge in [-0.15, -0.1) is 0 Å². The Morgan fingerprint density at radius 1 is 1.09 bits per heavy atom. The van der Waals surface area contributed by atoms with Gasteiger partial charge in [-0.05, 0) is 35.6 Å². The molecule has 1 saturated heterocycles. The van der Waals surface area contributed by atoms with Crippen molar-refractivity contribution in [3.63, 3.8) is 0 Å². The Labute approximate surface area is 190 Å². The number of guanidine groups is 1. The van der Waals surface area contributed by atoms with Gasteiger partial charge in [-0.25, -0.2) is 4.99 Å². The predicted molar refractivity (Wildman–Crippen MR) is 128 cm³/mol. The third-order valence-electron chi connectivity index (χ3n) is 5.91. The number of aromatic nitrogens is 2. The first-order valence-corrected chi connectivity index (χ1v) is 11.4. The summed E-state index contributed by atoms with van der Waals surface area (Å²) in [5.41, 5.74) is 4.90. The maximum Gasteiger partial charge on any atom is 0.194 e. The van der Waals surface area contributed by atoms with Crippen LogP contribution in [0.1, 0.15) is 41.5 Å². The van der Waals surface area contributed by atoms with E-state index in [9.17, 15) is 0 Å². The van der Waals surface area contributed by atoms with E-state index < -0.39 is 0 Å². The molecule has 0 spiro atoms. The maximum absolute atomic E-state index is 5.98. The van der Waals surface area contributed by atoms with Crippen LogP contribution in [-0.2, 0) is 31.5 Å². The molecule has 1 aliphatic rings. The van der Waals surface area contributed by atoms with E-state index in [1.165, 1.54) is 22.3 Å². The molecule has 0 amide bonds. The second-order valence-corrected chi connectivity index (χ2v) is 8.30. The van der Waals surface area contributed by atoms with Crippen LogP contribution in [0.25, 0.3) is 0 Å². The molecule has 1 unspecified atom stereocenters. The Morgan fingerprint density at radius 2 is 1.88 bits per heavy atom. The SMILES string of the molecule is CCNC(=NCc1ccccc1COCc1ccccc1)N1CCC(c2cnn(C)c2)C1. The lowest BCUT2D eigenvalue weighted by atomic mass is 10.0. The number of ether oxygens (including phenoxy) is 1. The van der Waals surface area contributed by atoms with E-state index in [-0.39, 0.29) is 0 Å². The molecule has 2 heterocycles. The van der Waals surface area contributed by atoms with Crippen LogP contribution in [0.5, 0.6) is 0 Å². The zero-order chi connectivity index (χ0) is 22.2.